The van der Waals surface area contributed by atoms with Gasteiger partial charge in [0.25, 0.3) is 0 Å². The lowest BCUT2D eigenvalue weighted by molar-refractivity contribution is 0.198. The van der Waals surface area contributed by atoms with E-state index in [4.69, 9.17) is 0 Å². The van der Waals surface area contributed by atoms with Gasteiger partial charge < -0.3 is 10.0 Å². The van der Waals surface area contributed by atoms with E-state index >= 15 is 0 Å². The minimum Gasteiger partial charge on any atom is -0.389 e. The van der Waals surface area contributed by atoms with Crippen molar-refractivity contribution in [2.24, 2.45) is 5.41 Å². The highest BCUT2D eigenvalue weighted by Crippen LogP contribution is 2.32. The molecule has 0 radical (unpaired) electrons. The van der Waals surface area contributed by atoms with Gasteiger partial charge in [0.15, 0.2) is 0 Å². The molecular weight excluding hydrogens is 229 g/mol. The molecule has 0 saturated heterocycles. The van der Waals surface area contributed by atoms with Crippen molar-refractivity contribution in [3.05, 3.63) is 29.6 Å². The van der Waals surface area contributed by atoms with Gasteiger partial charge >= 0.3 is 0 Å². The molecule has 1 aromatic carbocycles. The summed E-state index contributed by atoms with van der Waals surface area (Å²) in [6, 6.07) is 4.86. The SMILES string of the molecule is CC(N(C)c1ccc(F)cc1[C@@H](C)O)C(C)(C)C. The van der Waals surface area contributed by atoms with E-state index in [-0.39, 0.29) is 17.3 Å². The summed E-state index contributed by atoms with van der Waals surface area (Å²) in [5, 5.41) is 9.77. The molecule has 0 fully saturated rings. The van der Waals surface area contributed by atoms with Crippen LogP contribution in [0.15, 0.2) is 18.2 Å². The summed E-state index contributed by atoms with van der Waals surface area (Å²) in [5.41, 5.74) is 1.63. The molecule has 1 N–H and O–H groups in total. The smallest absolute Gasteiger partial charge is 0.123 e. The first kappa shape index (κ1) is 15.0. The van der Waals surface area contributed by atoms with Crippen LogP contribution in [0.5, 0.6) is 0 Å². The average molecular weight is 253 g/mol. The molecule has 1 unspecified atom stereocenters. The van der Waals surface area contributed by atoms with Crippen molar-refractivity contribution in [2.45, 2.75) is 46.8 Å². The van der Waals surface area contributed by atoms with Gasteiger partial charge in [-0.3, -0.25) is 0 Å². The largest absolute Gasteiger partial charge is 0.389 e. The molecule has 0 aliphatic rings. The van der Waals surface area contributed by atoms with Crippen LogP contribution >= 0.6 is 0 Å². The third kappa shape index (κ3) is 3.22. The first-order valence-electron chi connectivity index (χ1n) is 6.35. The maximum Gasteiger partial charge on any atom is 0.123 e. The van der Waals surface area contributed by atoms with Crippen LogP contribution in [-0.4, -0.2) is 18.2 Å². The Morgan fingerprint density at radius 3 is 2.22 bits per heavy atom. The Bertz CT molecular complexity index is 409. The standard InChI is InChI=1S/C15H24FNO/c1-10(18)13-9-12(16)7-8-14(13)17(6)11(2)15(3,4)5/h7-11,18H,1-6H3/t10-,11?/m1/s1. The minimum atomic E-state index is -0.676. The lowest BCUT2D eigenvalue weighted by atomic mass is 9.86. The fraction of sp³-hybridized carbons (Fsp3) is 0.600. The summed E-state index contributed by atoms with van der Waals surface area (Å²) in [6.07, 6.45) is -0.676. The summed E-state index contributed by atoms with van der Waals surface area (Å²) in [6.45, 7) is 10.3. The zero-order valence-corrected chi connectivity index (χ0v) is 12.2. The number of rotatable bonds is 3. The van der Waals surface area contributed by atoms with Gasteiger partial charge in [-0.15, -0.1) is 0 Å². The zero-order valence-electron chi connectivity index (χ0n) is 12.2. The third-order valence-electron chi connectivity index (χ3n) is 3.65. The van der Waals surface area contributed by atoms with E-state index in [0.717, 1.165) is 5.69 Å². The van der Waals surface area contributed by atoms with Gasteiger partial charge in [0.1, 0.15) is 5.82 Å². The fourth-order valence-electron chi connectivity index (χ4n) is 1.97. The van der Waals surface area contributed by atoms with Crippen molar-refractivity contribution in [3.63, 3.8) is 0 Å². The van der Waals surface area contributed by atoms with Gasteiger partial charge in [-0.1, -0.05) is 20.8 Å². The van der Waals surface area contributed by atoms with Crippen molar-refractivity contribution < 1.29 is 9.50 Å². The van der Waals surface area contributed by atoms with Gasteiger partial charge in [0.2, 0.25) is 0 Å². The second-order valence-electron chi connectivity index (χ2n) is 6.03. The fourth-order valence-corrected chi connectivity index (χ4v) is 1.97. The molecule has 0 aliphatic heterocycles. The van der Waals surface area contributed by atoms with Gasteiger partial charge in [-0.05, 0) is 37.5 Å². The van der Waals surface area contributed by atoms with E-state index < -0.39 is 6.10 Å². The van der Waals surface area contributed by atoms with Crippen LogP contribution < -0.4 is 4.90 Å². The molecule has 2 atom stereocenters. The maximum absolute atomic E-state index is 13.3. The molecule has 102 valence electrons. The van der Waals surface area contributed by atoms with Gasteiger partial charge in [0, 0.05) is 24.3 Å². The van der Waals surface area contributed by atoms with Crippen LogP contribution in [0, 0.1) is 11.2 Å². The number of aliphatic hydroxyl groups is 1. The molecule has 0 aliphatic carbocycles. The minimum absolute atomic E-state index is 0.110. The van der Waals surface area contributed by atoms with Crippen molar-refractivity contribution in [2.75, 3.05) is 11.9 Å². The zero-order chi connectivity index (χ0) is 14.1. The summed E-state index contributed by atoms with van der Waals surface area (Å²) in [5.74, 6) is -0.313. The number of halogens is 1. The summed E-state index contributed by atoms with van der Waals surface area (Å²) >= 11 is 0. The number of nitrogens with zero attached hydrogens (tertiary/aromatic N) is 1. The van der Waals surface area contributed by atoms with Crippen LogP contribution in [0.3, 0.4) is 0 Å². The third-order valence-corrected chi connectivity index (χ3v) is 3.65. The Morgan fingerprint density at radius 1 is 1.22 bits per heavy atom. The number of aliphatic hydroxyl groups excluding tert-OH is 1. The molecular formula is C15H24FNO. The Hall–Kier alpha value is -1.09. The summed E-state index contributed by atoms with van der Waals surface area (Å²) < 4.78 is 13.3. The van der Waals surface area contributed by atoms with E-state index in [1.807, 2.05) is 7.05 Å². The Balaban J connectivity index is 3.17. The molecule has 0 bridgehead atoms. The maximum atomic E-state index is 13.3. The van der Waals surface area contributed by atoms with Gasteiger partial charge in [0.05, 0.1) is 6.10 Å². The molecule has 18 heavy (non-hydrogen) atoms. The van der Waals surface area contributed by atoms with Gasteiger partial charge in [-0.2, -0.15) is 0 Å². The van der Waals surface area contributed by atoms with E-state index in [2.05, 4.69) is 32.6 Å². The highest BCUT2D eigenvalue weighted by molar-refractivity contribution is 5.55. The first-order valence-corrected chi connectivity index (χ1v) is 6.35. The number of hydrogen-bond donors (Lipinski definition) is 1. The predicted octanol–water partition coefficient (Wildman–Crippen LogP) is 3.75. The van der Waals surface area contributed by atoms with E-state index in [1.54, 1.807) is 13.0 Å². The Kier molecular flexibility index (Phi) is 4.38. The summed E-state index contributed by atoms with van der Waals surface area (Å²) in [7, 11) is 1.98. The highest BCUT2D eigenvalue weighted by atomic mass is 19.1. The van der Waals surface area contributed by atoms with Crippen LogP contribution in [0.25, 0.3) is 0 Å². The number of hydrogen-bond acceptors (Lipinski definition) is 2. The van der Waals surface area contributed by atoms with Crippen LogP contribution in [0.4, 0.5) is 10.1 Å². The van der Waals surface area contributed by atoms with E-state index in [0.29, 0.717) is 5.56 Å². The second-order valence-corrected chi connectivity index (χ2v) is 6.03. The molecule has 1 rings (SSSR count). The molecule has 0 saturated carbocycles. The Morgan fingerprint density at radius 2 is 1.78 bits per heavy atom. The quantitative estimate of drug-likeness (QED) is 0.886. The predicted molar refractivity (Wildman–Crippen MR) is 74.4 cm³/mol. The Labute approximate surface area is 109 Å². The normalized spacial score (nSPS) is 15.3. The van der Waals surface area contributed by atoms with Crippen molar-refractivity contribution in [3.8, 4) is 0 Å². The first-order chi connectivity index (χ1) is 8.14. The van der Waals surface area contributed by atoms with Crippen LogP contribution in [0.2, 0.25) is 0 Å². The molecule has 2 nitrogen and oxygen atoms in total. The summed E-state index contributed by atoms with van der Waals surface area (Å²) in [4.78, 5) is 2.10. The lowest BCUT2D eigenvalue weighted by Crippen LogP contribution is -2.40. The highest BCUT2D eigenvalue weighted by Gasteiger charge is 2.26. The van der Waals surface area contributed by atoms with Crippen molar-refractivity contribution in [1.29, 1.82) is 0 Å². The van der Waals surface area contributed by atoms with Crippen molar-refractivity contribution in [1.82, 2.24) is 0 Å². The van der Waals surface area contributed by atoms with Crippen molar-refractivity contribution >= 4 is 5.69 Å². The lowest BCUT2D eigenvalue weighted by Gasteiger charge is -2.38. The molecule has 0 amide bonds. The average Bonchev–Trinajstić information content (AvgIpc) is 2.25. The topological polar surface area (TPSA) is 23.5 Å². The molecule has 1 aromatic rings. The number of anilines is 1. The molecule has 3 heteroatoms. The van der Waals surface area contributed by atoms with Crippen LogP contribution in [0.1, 0.15) is 46.3 Å². The molecule has 0 heterocycles. The van der Waals surface area contributed by atoms with E-state index in [1.165, 1.54) is 12.1 Å². The van der Waals surface area contributed by atoms with E-state index in [9.17, 15) is 9.50 Å². The molecule has 0 aromatic heterocycles. The number of benzene rings is 1. The van der Waals surface area contributed by atoms with Crippen LogP contribution in [-0.2, 0) is 0 Å². The monoisotopic (exact) mass is 253 g/mol. The van der Waals surface area contributed by atoms with Gasteiger partial charge in [-0.25, -0.2) is 4.39 Å². The second kappa shape index (κ2) is 5.27. The molecule has 0 spiro atoms.